The van der Waals surface area contributed by atoms with Crippen molar-refractivity contribution in [1.29, 1.82) is 0 Å². The van der Waals surface area contributed by atoms with Gasteiger partial charge in [0.15, 0.2) is 0 Å². The fourth-order valence-corrected chi connectivity index (χ4v) is 4.27. The van der Waals surface area contributed by atoms with Crippen LogP contribution < -0.4 is 0 Å². The fraction of sp³-hybridized carbons (Fsp3) is 0.227. The third-order valence-corrected chi connectivity index (χ3v) is 5.86. The highest BCUT2D eigenvalue weighted by Crippen LogP contribution is 2.33. The Labute approximate surface area is 172 Å². The molecule has 4 rings (SSSR count). The van der Waals surface area contributed by atoms with Crippen LogP contribution in [0.15, 0.2) is 53.4 Å². The largest absolute Gasteiger partial charge is 0.339 e. The maximum atomic E-state index is 13.4. The lowest BCUT2D eigenvalue weighted by Gasteiger charge is -2.15. The number of nitrogens with zero attached hydrogens (tertiary/aromatic N) is 2. The van der Waals surface area contributed by atoms with Crippen LogP contribution in [0.4, 0.5) is 9.18 Å². The Balaban J connectivity index is 1.47. The third-order valence-electron chi connectivity index (χ3n) is 4.95. The summed E-state index contributed by atoms with van der Waals surface area (Å²) >= 11 is 0.861. The van der Waals surface area contributed by atoms with Crippen LogP contribution in [0.1, 0.15) is 34.3 Å². The molecule has 2 aromatic rings. The van der Waals surface area contributed by atoms with Gasteiger partial charge in [-0.2, -0.15) is 0 Å². The van der Waals surface area contributed by atoms with E-state index in [2.05, 4.69) is 0 Å². The Bertz CT molecular complexity index is 997. The zero-order valence-electron chi connectivity index (χ0n) is 15.6. The van der Waals surface area contributed by atoms with Gasteiger partial charge in [-0.25, -0.2) is 4.39 Å². The summed E-state index contributed by atoms with van der Waals surface area (Å²) in [7, 11) is 0. The summed E-state index contributed by atoms with van der Waals surface area (Å²) < 4.78 is 13.4. The molecule has 2 heterocycles. The molecule has 29 heavy (non-hydrogen) atoms. The van der Waals surface area contributed by atoms with Crippen LogP contribution in [-0.2, 0) is 11.3 Å². The molecule has 2 aliphatic rings. The van der Waals surface area contributed by atoms with E-state index in [4.69, 9.17) is 0 Å². The lowest BCUT2D eigenvalue weighted by Crippen LogP contribution is -2.27. The minimum absolute atomic E-state index is 0.0180. The molecule has 2 aliphatic heterocycles. The maximum absolute atomic E-state index is 13.4. The smallest absolute Gasteiger partial charge is 0.293 e. The van der Waals surface area contributed by atoms with Crippen molar-refractivity contribution in [2.45, 2.75) is 19.4 Å². The lowest BCUT2D eigenvalue weighted by molar-refractivity contribution is -0.123. The number of halogens is 1. The average Bonchev–Trinajstić information content (AvgIpc) is 3.33. The van der Waals surface area contributed by atoms with Gasteiger partial charge in [0.2, 0.25) is 0 Å². The van der Waals surface area contributed by atoms with Gasteiger partial charge in [-0.05, 0) is 66.1 Å². The standard InChI is InChI=1S/C22H19FN2O3S/c23-18-5-3-4-16(12-18)14-25-21(27)19(29-22(25)28)13-15-6-8-17(9-7-15)20(26)24-10-1-2-11-24/h3-9,12-13H,1-2,10-11,14H2. The van der Waals surface area contributed by atoms with Gasteiger partial charge in [-0.3, -0.25) is 19.3 Å². The van der Waals surface area contributed by atoms with Crippen LogP contribution in [-0.4, -0.2) is 39.9 Å². The van der Waals surface area contributed by atoms with Gasteiger partial charge in [-0.1, -0.05) is 24.3 Å². The van der Waals surface area contributed by atoms with Crippen LogP contribution >= 0.6 is 11.8 Å². The van der Waals surface area contributed by atoms with Crippen molar-refractivity contribution in [3.05, 3.63) is 75.9 Å². The van der Waals surface area contributed by atoms with Crippen molar-refractivity contribution in [3.63, 3.8) is 0 Å². The Morgan fingerprint density at radius 2 is 1.79 bits per heavy atom. The second kappa shape index (κ2) is 8.21. The molecule has 0 aromatic heterocycles. The zero-order chi connectivity index (χ0) is 20.4. The molecular weight excluding hydrogens is 391 g/mol. The first kappa shape index (κ1) is 19.4. The second-order valence-corrected chi connectivity index (χ2v) is 8.01. The molecule has 0 saturated carbocycles. The van der Waals surface area contributed by atoms with Crippen LogP contribution in [0.5, 0.6) is 0 Å². The Kier molecular flexibility index (Phi) is 5.49. The summed E-state index contributed by atoms with van der Waals surface area (Å²) in [5.41, 5.74) is 1.90. The minimum atomic E-state index is -0.409. The van der Waals surface area contributed by atoms with E-state index in [1.165, 1.54) is 12.1 Å². The number of carbonyl (C=O) groups excluding carboxylic acids is 3. The second-order valence-electron chi connectivity index (χ2n) is 7.02. The summed E-state index contributed by atoms with van der Waals surface area (Å²) in [4.78, 5) is 40.5. The van der Waals surface area contributed by atoms with Crippen molar-refractivity contribution in [2.24, 2.45) is 0 Å². The number of hydrogen-bond donors (Lipinski definition) is 0. The van der Waals surface area contributed by atoms with Gasteiger partial charge in [0, 0.05) is 18.7 Å². The van der Waals surface area contributed by atoms with E-state index >= 15 is 0 Å². The topological polar surface area (TPSA) is 57.7 Å². The molecule has 5 nitrogen and oxygen atoms in total. The van der Waals surface area contributed by atoms with Gasteiger partial charge < -0.3 is 4.90 Å². The molecule has 3 amide bonds. The van der Waals surface area contributed by atoms with Crippen molar-refractivity contribution < 1.29 is 18.8 Å². The number of hydrogen-bond acceptors (Lipinski definition) is 4. The van der Waals surface area contributed by atoms with Crippen molar-refractivity contribution in [3.8, 4) is 0 Å². The first-order valence-corrected chi connectivity index (χ1v) is 10.2. The van der Waals surface area contributed by atoms with Gasteiger partial charge in [0.1, 0.15) is 5.82 Å². The SMILES string of the molecule is O=C(c1ccc(C=C2SC(=O)N(Cc3cccc(F)c3)C2=O)cc1)N1CCCC1. The summed E-state index contributed by atoms with van der Waals surface area (Å²) in [6.45, 7) is 1.61. The monoisotopic (exact) mass is 410 g/mol. The van der Waals surface area contributed by atoms with Gasteiger partial charge in [-0.15, -0.1) is 0 Å². The summed E-state index contributed by atoms with van der Waals surface area (Å²) in [6, 6.07) is 12.9. The van der Waals surface area contributed by atoms with E-state index in [0.29, 0.717) is 16.0 Å². The molecule has 0 atom stereocenters. The maximum Gasteiger partial charge on any atom is 0.293 e. The van der Waals surface area contributed by atoms with E-state index in [1.54, 1.807) is 42.5 Å². The summed E-state index contributed by atoms with van der Waals surface area (Å²) in [6.07, 6.45) is 3.71. The van der Waals surface area contributed by atoms with E-state index in [9.17, 15) is 18.8 Å². The highest BCUT2D eigenvalue weighted by atomic mass is 32.2. The van der Waals surface area contributed by atoms with Crippen LogP contribution in [0.3, 0.4) is 0 Å². The quantitative estimate of drug-likeness (QED) is 0.706. The number of benzene rings is 2. The van der Waals surface area contributed by atoms with Gasteiger partial charge in [0.05, 0.1) is 11.4 Å². The molecule has 0 unspecified atom stereocenters. The average molecular weight is 410 g/mol. The van der Waals surface area contributed by atoms with Crippen LogP contribution in [0.2, 0.25) is 0 Å². The first-order valence-electron chi connectivity index (χ1n) is 9.40. The van der Waals surface area contributed by atoms with Crippen LogP contribution in [0.25, 0.3) is 6.08 Å². The molecule has 0 aliphatic carbocycles. The molecule has 2 saturated heterocycles. The number of imide groups is 1. The third kappa shape index (κ3) is 4.24. The highest BCUT2D eigenvalue weighted by Gasteiger charge is 2.35. The Hall–Kier alpha value is -2.93. The molecule has 2 fully saturated rings. The minimum Gasteiger partial charge on any atom is -0.339 e. The van der Waals surface area contributed by atoms with Crippen molar-refractivity contribution in [1.82, 2.24) is 9.80 Å². The van der Waals surface area contributed by atoms with E-state index in [-0.39, 0.29) is 17.7 Å². The van der Waals surface area contributed by atoms with Crippen LogP contribution in [0, 0.1) is 5.82 Å². The molecule has 0 radical (unpaired) electrons. The normalized spacial score (nSPS) is 18.2. The number of carbonyl (C=O) groups is 3. The lowest BCUT2D eigenvalue weighted by atomic mass is 10.1. The molecule has 2 aromatic carbocycles. The Morgan fingerprint density at radius 1 is 1.07 bits per heavy atom. The van der Waals surface area contributed by atoms with Gasteiger partial charge >= 0.3 is 0 Å². The Morgan fingerprint density at radius 3 is 2.48 bits per heavy atom. The predicted octanol–water partition coefficient (Wildman–Crippen LogP) is 4.30. The zero-order valence-corrected chi connectivity index (χ0v) is 16.5. The summed E-state index contributed by atoms with van der Waals surface area (Å²) in [5.74, 6) is -0.792. The van der Waals surface area contributed by atoms with Crippen molar-refractivity contribution in [2.75, 3.05) is 13.1 Å². The number of rotatable bonds is 4. The molecule has 148 valence electrons. The molecule has 7 heteroatoms. The number of thioether (sulfide) groups is 1. The van der Waals surface area contributed by atoms with E-state index in [0.717, 1.165) is 48.2 Å². The number of likely N-dealkylation sites (tertiary alicyclic amines) is 1. The molecular formula is C22H19FN2O3S. The molecule has 0 N–H and O–H groups in total. The predicted molar refractivity (Wildman–Crippen MR) is 109 cm³/mol. The summed E-state index contributed by atoms with van der Waals surface area (Å²) in [5, 5.41) is -0.383. The highest BCUT2D eigenvalue weighted by molar-refractivity contribution is 8.18. The fourth-order valence-electron chi connectivity index (χ4n) is 3.43. The van der Waals surface area contributed by atoms with E-state index < -0.39 is 11.7 Å². The van der Waals surface area contributed by atoms with E-state index in [1.807, 2.05) is 4.90 Å². The molecule has 0 bridgehead atoms. The van der Waals surface area contributed by atoms with Crippen molar-refractivity contribution >= 4 is 34.9 Å². The first-order chi connectivity index (χ1) is 14.0. The molecule has 0 spiro atoms. The van der Waals surface area contributed by atoms with Gasteiger partial charge in [0.25, 0.3) is 17.1 Å². The number of amides is 3.